The van der Waals surface area contributed by atoms with Crippen LogP contribution in [0.5, 0.6) is 0 Å². The molecule has 1 heterocycles. The lowest BCUT2D eigenvalue weighted by atomic mass is 10.0. The maximum atomic E-state index is 13.3. The first-order valence-electron chi connectivity index (χ1n) is 9.36. The van der Waals surface area contributed by atoms with Gasteiger partial charge in [0.05, 0.1) is 0 Å². The Hall–Kier alpha value is -2.93. The summed E-state index contributed by atoms with van der Waals surface area (Å²) in [7, 11) is 1.83. The third-order valence-electron chi connectivity index (χ3n) is 4.70. The minimum absolute atomic E-state index is 0.0144. The number of aromatic nitrogens is 3. The molecule has 0 aliphatic heterocycles. The number of ketones is 1. The molecule has 0 aliphatic carbocycles. The predicted octanol–water partition coefficient (Wildman–Crippen LogP) is 3.57. The van der Waals surface area contributed by atoms with E-state index in [1.807, 2.05) is 74.0 Å². The Morgan fingerprint density at radius 2 is 1.59 bits per heavy atom. The van der Waals surface area contributed by atoms with Crippen molar-refractivity contribution >= 4 is 23.5 Å². The van der Waals surface area contributed by atoms with Gasteiger partial charge in [-0.2, -0.15) is 0 Å². The van der Waals surface area contributed by atoms with Crippen LogP contribution in [0.15, 0.2) is 53.7 Å². The lowest BCUT2D eigenvalue weighted by Crippen LogP contribution is -2.13. The van der Waals surface area contributed by atoms with Crippen molar-refractivity contribution < 1.29 is 9.59 Å². The molecule has 29 heavy (non-hydrogen) atoms. The Balaban J connectivity index is 1.91. The van der Waals surface area contributed by atoms with E-state index in [1.54, 1.807) is 0 Å². The van der Waals surface area contributed by atoms with Crippen LogP contribution in [0.3, 0.4) is 0 Å². The Kier molecular flexibility index (Phi) is 6.49. The summed E-state index contributed by atoms with van der Waals surface area (Å²) in [5.41, 5.74) is 9.04. The average Bonchev–Trinajstić information content (AvgIpc) is 3.05. The summed E-state index contributed by atoms with van der Waals surface area (Å²) in [5, 5.41) is 8.57. The maximum Gasteiger partial charge on any atom is 0.217 e. The standard InChI is InChI=1S/C22H24N4O2S/c1-14-4-8-16(9-5-14)20(28)21(17-10-6-15(2)7-11-17)29-22-25-24-19(26(22)3)13-12-18(23)27/h4-11,21H,12-13H2,1-3H3,(H2,23,27)/t21-/m1/s1. The van der Waals surface area contributed by atoms with Crippen molar-refractivity contribution in [2.45, 2.75) is 37.1 Å². The molecule has 0 unspecified atom stereocenters. The number of benzene rings is 2. The van der Waals surface area contributed by atoms with E-state index in [9.17, 15) is 9.59 Å². The van der Waals surface area contributed by atoms with Gasteiger partial charge in [0.15, 0.2) is 10.9 Å². The summed E-state index contributed by atoms with van der Waals surface area (Å²) >= 11 is 1.36. The van der Waals surface area contributed by atoms with Crippen LogP contribution >= 0.6 is 11.8 Å². The van der Waals surface area contributed by atoms with Crippen molar-refractivity contribution in [3.8, 4) is 0 Å². The number of amides is 1. The fraction of sp³-hybridized carbons (Fsp3) is 0.273. The Morgan fingerprint density at radius 1 is 1.00 bits per heavy atom. The normalized spacial score (nSPS) is 12.0. The molecule has 3 aromatic rings. The Labute approximate surface area is 174 Å². The predicted molar refractivity (Wildman–Crippen MR) is 114 cm³/mol. The number of carbonyl (C=O) groups is 2. The average molecular weight is 409 g/mol. The summed E-state index contributed by atoms with van der Waals surface area (Å²) in [4.78, 5) is 24.4. The van der Waals surface area contributed by atoms with Crippen molar-refractivity contribution in [2.24, 2.45) is 12.8 Å². The molecule has 0 saturated heterocycles. The highest BCUT2D eigenvalue weighted by atomic mass is 32.2. The van der Waals surface area contributed by atoms with Gasteiger partial charge in [-0.15, -0.1) is 10.2 Å². The summed E-state index contributed by atoms with van der Waals surface area (Å²) < 4.78 is 1.82. The van der Waals surface area contributed by atoms with Gasteiger partial charge >= 0.3 is 0 Å². The SMILES string of the molecule is Cc1ccc(C(=O)[C@H](Sc2nnc(CCC(N)=O)n2C)c2ccc(C)cc2)cc1. The molecule has 0 bridgehead atoms. The minimum Gasteiger partial charge on any atom is -0.370 e. The number of hydrogen-bond donors (Lipinski definition) is 1. The lowest BCUT2D eigenvalue weighted by molar-refractivity contribution is -0.118. The van der Waals surface area contributed by atoms with Crippen LogP contribution in [0.1, 0.15) is 44.5 Å². The molecule has 7 heteroatoms. The number of nitrogens with two attached hydrogens (primary N) is 1. The van der Waals surface area contributed by atoms with Gasteiger partial charge in [0, 0.05) is 25.5 Å². The number of rotatable bonds is 8. The van der Waals surface area contributed by atoms with Crippen molar-refractivity contribution in [3.63, 3.8) is 0 Å². The number of aryl methyl sites for hydroxylation is 3. The van der Waals surface area contributed by atoms with Gasteiger partial charge in [0.1, 0.15) is 11.1 Å². The van der Waals surface area contributed by atoms with Crippen LogP contribution in [0.4, 0.5) is 0 Å². The van der Waals surface area contributed by atoms with Gasteiger partial charge < -0.3 is 10.3 Å². The molecule has 1 amide bonds. The fourth-order valence-electron chi connectivity index (χ4n) is 2.89. The van der Waals surface area contributed by atoms with Gasteiger partial charge in [-0.3, -0.25) is 9.59 Å². The largest absolute Gasteiger partial charge is 0.370 e. The van der Waals surface area contributed by atoms with Crippen LogP contribution in [-0.2, 0) is 18.3 Å². The molecule has 0 fully saturated rings. The van der Waals surface area contributed by atoms with Crippen LogP contribution in [-0.4, -0.2) is 26.5 Å². The van der Waals surface area contributed by atoms with Gasteiger partial charge in [-0.05, 0) is 19.4 Å². The van der Waals surface area contributed by atoms with Gasteiger partial charge in [0.2, 0.25) is 5.91 Å². The summed E-state index contributed by atoms with van der Waals surface area (Å²) in [6, 6.07) is 15.5. The lowest BCUT2D eigenvalue weighted by Gasteiger charge is -2.16. The van der Waals surface area contributed by atoms with E-state index in [4.69, 9.17) is 5.73 Å². The third kappa shape index (κ3) is 5.12. The Bertz CT molecular complexity index is 1010. The van der Waals surface area contributed by atoms with E-state index in [0.29, 0.717) is 23.0 Å². The molecule has 150 valence electrons. The molecule has 0 saturated carbocycles. The van der Waals surface area contributed by atoms with E-state index in [0.717, 1.165) is 16.7 Å². The van der Waals surface area contributed by atoms with Crippen molar-refractivity contribution in [2.75, 3.05) is 0 Å². The quantitative estimate of drug-likeness (QED) is 0.454. The van der Waals surface area contributed by atoms with Crippen LogP contribution < -0.4 is 5.73 Å². The van der Waals surface area contributed by atoms with Crippen molar-refractivity contribution in [1.29, 1.82) is 0 Å². The number of primary amides is 1. The number of Topliss-reactive ketones (excluding diaryl/α,β-unsaturated/α-hetero) is 1. The molecule has 0 radical (unpaired) electrons. The topological polar surface area (TPSA) is 90.9 Å². The molecular formula is C22H24N4O2S. The zero-order valence-electron chi connectivity index (χ0n) is 16.8. The van der Waals surface area contributed by atoms with E-state index < -0.39 is 5.25 Å². The third-order valence-corrected chi connectivity index (χ3v) is 5.99. The smallest absolute Gasteiger partial charge is 0.217 e. The van der Waals surface area contributed by atoms with Gasteiger partial charge in [-0.1, -0.05) is 71.4 Å². The van der Waals surface area contributed by atoms with Gasteiger partial charge in [-0.25, -0.2) is 0 Å². The molecule has 0 spiro atoms. The van der Waals surface area contributed by atoms with Crippen LogP contribution in [0.2, 0.25) is 0 Å². The van der Waals surface area contributed by atoms with Crippen molar-refractivity contribution in [1.82, 2.24) is 14.8 Å². The number of carbonyl (C=O) groups excluding carboxylic acids is 2. The minimum atomic E-state index is -0.454. The van der Waals surface area contributed by atoms with E-state index in [-0.39, 0.29) is 18.1 Å². The number of nitrogens with zero attached hydrogens (tertiary/aromatic N) is 3. The molecule has 3 rings (SSSR count). The molecule has 2 aromatic carbocycles. The second-order valence-corrected chi connectivity index (χ2v) is 8.14. The summed E-state index contributed by atoms with van der Waals surface area (Å²) in [5.74, 6) is 0.298. The summed E-state index contributed by atoms with van der Waals surface area (Å²) in [6.07, 6.45) is 0.626. The molecule has 0 aliphatic rings. The Morgan fingerprint density at radius 3 is 2.17 bits per heavy atom. The maximum absolute atomic E-state index is 13.3. The van der Waals surface area contributed by atoms with Gasteiger partial charge in [0.25, 0.3) is 0 Å². The first-order valence-corrected chi connectivity index (χ1v) is 10.2. The highest BCUT2D eigenvalue weighted by Gasteiger charge is 2.26. The fourth-order valence-corrected chi connectivity index (χ4v) is 3.99. The molecular weight excluding hydrogens is 384 g/mol. The first-order chi connectivity index (χ1) is 13.8. The second kappa shape index (κ2) is 9.05. The molecule has 6 nitrogen and oxygen atoms in total. The molecule has 1 aromatic heterocycles. The monoisotopic (exact) mass is 408 g/mol. The van der Waals surface area contributed by atoms with Crippen LogP contribution in [0, 0.1) is 13.8 Å². The number of thioether (sulfide) groups is 1. The van der Waals surface area contributed by atoms with E-state index in [1.165, 1.54) is 11.8 Å². The van der Waals surface area contributed by atoms with E-state index >= 15 is 0 Å². The van der Waals surface area contributed by atoms with Crippen molar-refractivity contribution in [3.05, 3.63) is 76.6 Å². The van der Waals surface area contributed by atoms with Crippen LogP contribution in [0.25, 0.3) is 0 Å². The highest BCUT2D eigenvalue weighted by Crippen LogP contribution is 2.37. The summed E-state index contributed by atoms with van der Waals surface area (Å²) in [6.45, 7) is 4.01. The second-order valence-electron chi connectivity index (χ2n) is 7.06. The zero-order valence-corrected chi connectivity index (χ0v) is 17.6. The highest BCUT2D eigenvalue weighted by molar-refractivity contribution is 8.00. The first kappa shape index (κ1) is 20.8. The molecule has 1 atom stereocenters. The zero-order chi connectivity index (χ0) is 21.0. The number of hydrogen-bond acceptors (Lipinski definition) is 5. The van der Waals surface area contributed by atoms with E-state index in [2.05, 4.69) is 10.2 Å². The molecule has 2 N–H and O–H groups in total.